The van der Waals surface area contributed by atoms with Crippen LogP contribution in [-0.4, -0.2) is 28.9 Å². The normalized spacial score (nSPS) is 14.6. The molecule has 3 rings (SSSR count). The lowest BCUT2D eigenvalue weighted by atomic mass is 9.89. The molecule has 0 N–H and O–H groups in total. The molecule has 2 heterocycles. The number of aromatic nitrogens is 1. The summed E-state index contributed by atoms with van der Waals surface area (Å²) in [4.78, 5) is 18.6. The summed E-state index contributed by atoms with van der Waals surface area (Å²) in [7, 11) is 0. The van der Waals surface area contributed by atoms with Crippen molar-refractivity contribution >= 4 is 5.91 Å². The second kappa shape index (κ2) is 9.97. The molecule has 0 spiro atoms. The van der Waals surface area contributed by atoms with Gasteiger partial charge in [0.05, 0.1) is 5.56 Å². The van der Waals surface area contributed by atoms with Gasteiger partial charge in [-0.15, -0.1) is 0 Å². The molecule has 3 heteroatoms. The highest BCUT2D eigenvalue weighted by molar-refractivity contribution is 5.94. The third kappa shape index (κ3) is 5.70. The molecule has 25 heavy (non-hydrogen) atoms. The average molecular weight is 338 g/mol. The van der Waals surface area contributed by atoms with Gasteiger partial charge in [-0.3, -0.25) is 9.78 Å². The quantitative estimate of drug-likeness (QED) is 0.769. The molecule has 1 aromatic heterocycles. The number of benzene rings is 1. The van der Waals surface area contributed by atoms with Crippen molar-refractivity contribution in [1.29, 1.82) is 0 Å². The number of hydrogen-bond acceptors (Lipinski definition) is 2. The van der Waals surface area contributed by atoms with Gasteiger partial charge in [-0.25, -0.2) is 0 Å². The fourth-order valence-electron chi connectivity index (χ4n) is 3.00. The van der Waals surface area contributed by atoms with Crippen LogP contribution in [0.15, 0.2) is 48.8 Å². The van der Waals surface area contributed by atoms with Crippen molar-refractivity contribution in [1.82, 2.24) is 9.88 Å². The molecule has 0 atom stereocenters. The summed E-state index contributed by atoms with van der Waals surface area (Å²) in [5.41, 5.74) is 3.12. The summed E-state index contributed by atoms with van der Waals surface area (Å²) in [6, 6.07) is 12.5. The van der Waals surface area contributed by atoms with Crippen molar-refractivity contribution in [3.05, 3.63) is 65.5 Å². The van der Waals surface area contributed by atoms with Crippen LogP contribution in [0.1, 0.15) is 66.9 Å². The molecule has 0 bridgehead atoms. The molecule has 2 aromatic rings. The van der Waals surface area contributed by atoms with Gasteiger partial charge in [-0.05, 0) is 42.9 Å². The summed E-state index contributed by atoms with van der Waals surface area (Å²) >= 11 is 0. The van der Waals surface area contributed by atoms with Crippen molar-refractivity contribution in [3.8, 4) is 0 Å². The van der Waals surface area contributed by atoms with E-state index in [0.717, 1.165) is 31.5 Å². The van der Waals surface area contributed by atoms with Crippen LogP contribution < -0.4 is 0 Å². The standard InChI is InChI=1S/C18H20N2O.C4H10/c1-14-11-17(13-19-12-14)18(21)20-9-7-16(8-10-20)15-5-3-2-4-6-15;1-3-4-2/h2-6,11-13,16H,7-10H2,1H3;3-4H2,1-2H3. The molecular formula is C22H30N2O. The Kier molecular flexibility index (Phi) is 7.65. The van der Waals surface area contributed by atoms with Crippen LogP contribution in [0.3, 0.4) is 0 Å². The van der Waals surface area contributed by atoms with Gasteiger partial charge in [0, 0.05) is 25.5 Å². The lowest BCUT2D eigenvalue weighted by Crippen LogP contribution is -2.38. The van der Waals surface area contributed by atoms with E-state index in [4.69, 9.17) is 0 Å². The number of unbranched alkanes of at least 4 members (excludes halogenated alkanes) is 1. The number of hydrogen-bond donors (Lipinski definition) is 0. The second-order valence-electron chi connectivity index (χ2n) is 6.73. The molecule has 0 radical (unpaired) electrons. The zero-order chi connectivity index (χ0) is 18.1. The molecule has 1 fully saturated rings. The van der Waals surface area contributed by atoms with E-state index in [-0.39, 0.29) is 5.91 Å². The van der Waals surface area contributed by atoms with Crippen molar-refractivity contribution < 1.29 is 4.79 Å². The maximum absolute atomic E-state index is 12.5. The predicted molar refractivity (Wildman–Crippen MR) is 104 cm³/mol. The van der Waals surface area contributed by atoms with E-state index >= 15 is 0 Å². The number of nitrogens with zero attached hydrogens (tertiary/aromatic N) is 2. The van der Waals surface area contributed by atoms with Gasteiger partial charge < -0.3 is 4.90 Å². The van der Waals surface area contributed by atoms with E-state index in [2.05, 4.69) is 43.1 Å². The lowest BCUT2D eigenvalue weighted by Gasteiger charge is -2.32. The van der Waals surface area contributed by atoms with Crippen molar-refractivity contribution in [2.45, 2.75) is 52.4 Å². The van der Waals surface area contributed by atoms with Crippen molar-refractivity contribution in [3.63, 3.8) is 0 Å². The third-order valence-electron chi connectivity index (χ3n) is 4.68. The number of pyridine rings is 1. The molecule has 134 valence electrons. The number of carbonyl (C=O) groups excluding carboxylic acids is 1. The van der Waals surface area contributed by atoms with E-state index in [0.29, 0.717) is 11.5 Å². The van der Waals surface area contributed by atoms with Crippen molar-refractivity contribution in [2.24, 2.45) is 0 Å². The largest absolute Gasteiger partial charge is 0.339 e. The summed E-state index contributed by atoms with van der Waals surface area (Å²) < 4.78 is 0. The first-order valence-electron chi connectivity index (χ1n) is 9.41. The first kappa shape index (κ1) is 19.2. The van der Waals surface area contributed by atoms with Gasteiger partial charge in [-0.2, -0.15) is 0 Å². The Hall–Kier alpha value is -2.16. The average Bonchev–Trinajstić information content (AvgIpc) is 2.68. The van der Waals surface area contributed by atoms with Crippen LogP contribution in [0.5, 0.6) is 0 Å². The van der Waals surface area contributed by atoms with Gasteiger partial charge in [0.25, 0.3) is 5.91 Å². The first-order valence-corrected chi connectivity index (χ1v) is 9.41. The second-order valence-corrected chi connectivity index (χ2v) is 6.73. The van der Waals surface area contributed by atoms with Crippen molar-refractivity contribution in [2.75, 3.05) is 13.1 Å². The summed E-state index contributed by atoms with van der Waals surface area (Å²) in [5, 5.41) is 0. The van der Waals surface area contributed by atoms with Crippen LogP contribution >= 0.6 is 0 Å². The molecule has 1 aliphatic rings. The Balaban J connectivity index is 0.000000511. The maximum Gasteiger partial charge on any atom is 0.255 e. The predicted octanol–water partition coefficient (Wildman–Crippen LogP) is 5.22. The minimum absolute atomic E-state index is 0.109. The number of rotatable bonds is 3. The van der Waals surface area contributed by atoms with E-state index < -0.39 is 0 Å². The molecular weight excluding hydrogens is 308 g/mol. The SMILES string of the molecule is CCCC.Cc1cncc(C(=O)N2CCC(c3ccccc3)CC2)c1. The zero-order valence-corrected chi connectivity index (χ0v) is 15.7. The van der Waals surface area contributed by atoms with E-state index in [9.17, 15) is 4.79 Å². The minimum Gasteiger partial charge on any atom is -0.339 e. The number of aryl methyl sites for hydroxylation is 1. The Bertz CT molecular complexity index is 644. The van der Waals surface area contributed by atoms with Crippen LogP contribution in [0.4, 0.5) is 0 Å². The Labute approximate surface area is 152 Å². The zero-order valence-electron chi connectivity index (χ0n) is 15.7. The lowest BCUT2D eigenvalue weighted by molar-refractivity contribution is 0.0712. The van der Waals surface area contributed by atoms with Crippen LogP contribution in [-0.2, 0) is 0 Å². The maximum atomic E-state index is 12.5. The summed E-state index contributed by atoms with van der Waals surface area (Å²) in [6.45, 7) is 7.98. The monoisotopic (exact) mass is 338 g/mol. The highest BCUT2D eigenvalue weighted by atomic mass is 16.2. The summed E-state index contributed by atoms with van der Waals surface area (Å²) in [5.74, 6) is 0.684. The fourth-order valence-corrected chi connectivity index (χ4v) is 3.00. The first-order chi connectivity index (χ1) is 12.2. The molecule has 1 saturated heterocycles. The van der Waals surface area contributed by atoms with E-state index in [1.165, 1.54) is 18.4 Å². The topological polar surface area (TPSA) is 33.2 Å². The summed E-state index contributed by atoms with van der Waals surface area (Å²) in [6.07, 6.45) is 8.15. The smallest absolute Gasteiger partial charge is 0.255 e. The van der Waals surface area contributed by atoms with Gasteiger partial charge in [0.1, 0.15) is 0 Å². The van der Waals surface area contributed by atoms with Crippen LogP contribution in [0.2, 0.25) is 0 Å². The van der Waals surface area contributed by atoms with Crippen LogP contribution in [0.25, 0.3) is 0 Å². The molecule has 0 saturated carbocycles. The van der Waals surface area contributed by atoms with E-state index in [1.54, 1.807) is 12.4 Å². The number of piperidine rings is 1. The van der Waals surface area contributed by atoms with Gasteiger partial charge in [-0.1, -0.05) is 57.0 Å². The molecule has 3 nitrogen and oxygen atoms in total. The third-order valence-corrected chi connectivity index (χ3v) is 4.68. The van der Waals surface area contributed by atoms with Gasteiger partial charge in [0.2, 0.25) is 0 Å². The Morgan fingerprint density at radius 2 is 1.72 bits per heavy atom. The highest BCUT2D eigenvalue weighted by Gasteiger charge is 2.24. The van der Waals surface area contributed by atoms with Crippen LogP contribution in [0, 0.1) is 6.92 Å². The Morgan fingerprint density at radius 3 is 2.28 bits per heavy atom. The van der Waals surface area contributed by atoms with E-state index in [1.807, 2.05) is 24.0 Å². The fraction of sp³-hybridized carbons (Fsp3) is 0.455. The number of carbonyl (C=O) groups is 1. The highest BCUT2D eigenvalue weighted by Crippen LogP contribution is 2.28. The van der Waals surface area contributed by atoms with Gasteiger partial charge in [0.15, 0.2) is 0 Å². The number of amides is 1. The molecule has 1 aliphatic heterocycles. The molecule has 1 amide bonds. The molecule has 1 aromatic carbocycles. The van der Waals surface area contributed by atoms with Gasteiger partial charge >= 0.3 is 0 Å². The molecule has 0 unspecified atom stereocenters. The minimum atomic E-state index is 0.109. The Morgan fingerprint density at radius 1 is 1.08 bits per heavy atom. The number of likely N-dealkylation sites (tertiary alicyclic amines) is 1. The molecule has 0 aliphatic carbocycles.